The number of benzene rings is 1. The molecule has 3 N–H and O–H groups in total. The van der Waals surface area contributed by atoms with E-state index in [0.717, 1.165) is 0 Å². The van der Waals surface area contributed by atoms with E-state index in [1.807, 2.05) is 0 Å². The van der Waals surface area contributed by atoms with Crippen molar-refractivity contribution in [3.05, 3.63) is 28.2 Å². The molecule has 0 aliphatic rings. The Bertz CT molecular complexity index is 663. The first kappa shape index (κ1) is 15.3. The lowest BCUT2D eigenvalue weighted by atomic mass is 10.1. The molecule has 2 aromatic rings. The first-order valence-electron chi connectivity index (χ1n) is 5.87. The Balaban J connectivity index is 2.39. The second-order valence-corrected chi connectivity index (χ2v) is 4.83. The Hall–Kier alpha value is -2.05. The quantitative estimate of drug-likeness (QED) is 0.782. The first-order chi connectivity index (χ1) is 9.92. The second-order valence-electron chi connectivity index (χ2n) is 3.96. The number of hydrogen-bond donors (Lipinski definition) is 3. The lowest BCUT2D eigenvalue weighted by Gasteiger charge is -2.02. The fraction of sp³-hybridized carbons (Fsp3) is 0.154. The van der Waals surface area contributed by atoms with Crippen LogP contribution in [0.15, 0.2) is 22.6 Å². The van der Waals surface area contributed by atoms with Crippen molar-refractivity contribution in [3.63, 3.8) is 0 Å². The molecule has 0 unspecified atom stereocenters. The van der Waals surface area contributed by atoms with Crippen molar-refractivity contribution in [2.24, 2.45) is 0 Å². The molecule has 0 fully saturated rings. The zero-order valence-electron chi connectivity index (χ0n) is 10.8. The summed E-state index contributed by atoms with van der Waals surface area (Å²) in [6.45, 7) is 1.77. The zero-order valence-corrected chi connectivity index (χ0v) is 12.3. The van der Waals surface area contributed by atoms with Gasteiger partial charge in [-0.3, -0.25) is 5.32 Å². The normalized spacial score (nSPS) is 10.4. The van der Waals surface area contributed by atoms with Crippen LogP contribution in [0.5, 0.6) is 11.5 Å². The van der Waals surface area contributed by atoms with Crippen molar-refractivity contribution in [1.82, 2.24) is 0 Å². The highest BCUT2D eigenvalue weighted by Crippen LogP contribution is 2.46. The van der Waals surface area contributed by atoms with Gasteiger partial charge < -0.3 is 19.4 Å². The minimum Gasteiger partial charge on any atom is -0.502 e. The summed E-state index contributed by atoms with van der Waals surface area (Å²) in [5, 5.41) is 22.5. The van der Waals surface area contributed by atoms with Gasteiger partial charge in [-0.1, -0.05) is 23.2 Å². The minimum absolute atomic E-state index is 0.0799. The molecule has 112 valence electrons. The molecule has 21 heavy (non-hydrogen) atoms. The Labute approximate surface area is 129 Å². The van der Waals surface area contributed by atoms with Crippen molar-refractivity contribution in [3.8, 4) is 22.8 Å². The fourth-order valence-electron chi connectivity index (χ4n) is 1.64. The third-order valence-corrected chi connectivity index (χ3v) is 2.91. The molecule has 0 saturated carbocycles. The van der Waals surface area contributed by atoms with Crippen LogP contribution < -0.4 is 5.32 Å². The predicted octanol–water partition coefficient (Wildman–Crippen LogP) is 4.23. The van der Waals surface area contributed by atoms with Crippen LogP contribution in [0, 0.1) is 0 Å². The minimum atomic E-state index is -0.822. The summed E-state index contributed by atoms with van der Waals surface area (Å²) in [6.07, 6.45) is -0.822. The number of hydrogen-bond acceptors (Lipinski definition) is 5. The second kappa shape index (κ2) is 6.15. The van der Waals surface area contributed by atoms with Gasteiger partial charge in [0.05, 0.1) is 6.61 Å². The standard InChI is InChI=1S/C13H11Cl2NO5/c1-2-20-13(19)16-12-10(18)9(17)11(21-12)6-3-7(14)5-8(15)4-6/h3-5,17-18H,2H2,1H3,(H,16,19). The lowest BCUT2D eigenvalue weighted by molar-refractivity contribution is 0.167. The highest BCUT2D eigenvalue weighted by atomic mass is 35.5. The highest BCUT2D eigenvalue weighted by Gasteiger charge is 2.23. The number of amides is 1. The number of furan rings is 1. The molecule has 0 spiro atoms. The van der Waals surface area contributed by atoms with Gasteiger partial charge in [-0.25, -0.2) is 4.79 Å². The van der Waals surface area contributed by atoms with E-state index in [0.29, 0.717) is 15.6 Å². The fourth-order valence-corrected chi connectivity index (χ4v) is 2.17. The summed E-state index contributed by atoms with van der Waals surface area (Å²) in [4.78, 5) is 11.3. The third-order valence-electron chi connectivity index (χ3n) is 2.47. The maximum atomic E-state index is 11.3. The Morgan fingerprint density at radius 3 is 2.43 bits per heavy atom. The van der Waals surface area contributed by atoms with Gasteiger partial charge in [0.1, 0.15) is 0 Å². The number of ether oxygens (including phenoxy) is 1. The van der Waals surface area contributed by atoms with Gasteiger partial charge in [0, 0.05) is 15.6 Å². The number of aromatic hydroxyl groups is 2. The molecule has 1 aromatic carbocycles. The maximum absolute atomic E-state index is 11.3. The van der Waals surface area contributed by atoms with Crippen LogP contribution in [0.2, 0.25) is 10.0 Å². The van der Waals surface area contributed by atoms with E-state index in [9.17, 15) is 15.0 Å². The smallest absolute Gasteiger partial charge is 0.414 e. The van der Waals surface area contributed by atoms with Crippen molar-refractivity contribution in [1.29, 1.82) is 0 Å². The van der Waals surface area contributed by atoms with Crippen LogP contribution in [-0.4, -0.2) is 22.9 Å². The Morgan fingerprint density at radius 2 is 1.86 bits per heavy atom. The predicted molar refractivity (Wildman–Crippen MR) is 78.1 cm³/mol. The maximum Gasteiger partial charge on any atom is 0.414 e. The molecule has 8 heteroatoms. The van der Waals surface area contributed by atoms with E-state index in [1.165, 1.54) is 18.2 Å². The monoisotopic (exact) mass is 331 g/mol. The van der Waals surface area contributed by atoms with Crippen molar-refractivity contribution in [2.75, 3.05) is 11.9 Å². The SMILES string of the molecule is CCOC(=O)Nc1oc(-c2cc(Cl)cc(Cl)c2)c(O)c1O. The van der Waals surface area contributed by atoms with Gasteiger partial charge in [-0.15, -0.1) is 0 Å². The molecule has 0 aliphatic heterocycles. The van der Waals surface area contributed by atoms with E-state index >= 15 is 0 Å². The van der Waals surface area contributed by atoms with Gasteiger partial charge in [-0.2, -0.15) is 0 Å². The molecular formula is C13H11Cl2NO5. The van der Waals surface area contributed by atoms with Crippen LogP contribution in [0.3, 0.4) is 0 Å². The summed E-state index contributed by atoms with van der Waals surface area (Å²) in [5.74, 6) is -1.57. The van der Waals surface area contributed by atoms with Gasteiger partial charge in [0.15, 0.2) is 5.76 Å². The van der Waals surface area contributed by atoms with Crippen LogP contribution >= 0.6 is 23.2 Å². The summed E-state index contributed by atoms with van der Waals surface area (Å²) >= 11 is 11.7. The lowest BCUT2D eigenvalue weighted by Crippen LogP contribution is -2.12. The number of nitrogens with one attached hydrogen (secondary N) is 1. The van der Waals surface area contributed by atoms with Gasteiger partial charge in [0.2, 0.25) is 17.4 Å². The third kappa shape index (κ3) is 3.34. The van der Waals surface area contributed by atoms with E-state index in [2.05, 4.69) is 10.1 Å². The molecule has 2 rings (SSSR count). The van der Waals surface area contributed by atoms with E-state index in [-0.39, 0.29) is 18.3 Å². The molecule has 0 aliphatic carbocycles. The van der Waals surface area contributed by atoms with Crippen LogP contribution in [0.25, 0.3) is 11.3 Å². The van der Waals surface area contributed by atoms with Crippen molar-refractivity contribution in [2.45, 2.75) is 6.92 Å². The van der Waals surface area contributed by atoms with Crippen molar-refractivity contribution >= 4 is 35.2 Å². The topological polar surface area (TPSA) is 91.9 Å². The summed E-state index contributed by atoms with van der Waals surface area (Å²) in [6, 6.07) is 4.48. The van der Waals surface area contributed by atoms with Crippen LogP contribution in [0.4, 0.5) is 10.7 Å². The highest BCUT2D eigenvalue weighted by molar-refractivity contribution is 6.35. The average molecular weight is 332 g/mol. The van der Waals surface area contributed by atoms with Gasteiger partial charge in [-0.05, 0) is 25.1 Å². The molecule has 0 radical (unpaired) electrons. The summed E-state index contributed by atoms with van der Waals surface area (Å²) < 4.78 is 9.88. The molecule has 0 saturated heterocycles. The number of carbonyl (C=O) groups excluding carboxylic acids is 1. The molecule has 1 aromatic heterocycles. The Kier molecular flexibility index (Phi) is 4.50. The van der Waals surface area contributed by atoms with Crippen LogP contribution in [-0.2, 0) is 4.74 Å². The number of halogens is 2. The molecular weight excluding hydrogens is 321 g/mol. The van der Waals surface area contributed by atoms with Gasteiger partial charge >= 0.3 is 6.09 Å². The Morgan fingerprint density at radius 1 is 1.24 bits per heavy atom. The zero-order chi connectivity index (χ0) is 15.6. The molecule has 0 atom stereocenters. The van der Waals surface area contributed by atoms with Crippen LogP contribution in [0.1, 0.15) is 6.92 Å². The first-order valence-corrected chi connectivity index (χ1v) is 6.63. The largest absolute Gasteiger partial charge is 0.502 e. The molecule has 1 heterocycles. The average Bonchev–Trinajstić information content (AvgIpc) is 2.66. The molecule has 6 nitrogen and oxygen atoms in total. The van der Waals surface area contributed by atoms with Crippen molar-refractivity contribution < 1.29 is 24.2 Å². The van der Waals surface area contributed by atoms with E-state index < -0.39 is 17.6 Å². The summed E-state index contributed by atoms with van der Waals surface area (Å²) in [5.41, 5.74) is 0.345. The number of carbonyl (C=O) groups is 1. The van der Waals surface area contributed by atoms with Gasteiger partial charge in [0.25, 0.3) is 0 Å². The number of anilines is 1. The molecule has 1 amide bonds. The number of rotatable bonds is 3. The molecule has 0 bridgehead atoms. The van der Waals surface area contributed by atoms with E-state index in [4.69, 9.17) is 27.6 Å². The van der Waals surface area contributed by atoms with E-state index in [1.54, 1.807) is 6.92 Å². The summed E-state index contributed by atoms with van der Waals surface area (Å²) in [7, 11) is 0.